The number of nitrogens with two attached hydrogens (primary N) is 1. The molecular weight excluding hydrogens is 200 g/mol. The lowest BCUT2D eigenvalue weighted by Gasteiger charge is -2.10. The first-order valence-corrected chi connectivity index (χ1v) is 5.39. The SMILES string of the molecule is Cc1cnn(-c2ccccc2CC(C)N)n1. The number of hydrogen-bond donors (Lipinski definition) is 1. The summed E-state index contributed by atoms with van der Waals surface area (Å²) in [5.41, 5.74) is 8.92. The quantitative estimate of drug-likeness (QED) is 0.845. The molecular formula is C12H16N4. The van der Waals surface area contributed by atoms with Crippen LogP contribution >= 0.6 is 0 Å². The minimum absolute atomic E-state index is 0.137. The molecule has 0 aliphatic heterocycles. The smallest absolute Gasteiger partial charge is 0.0889 e. The standard InChI is InChI=1S/C12H16N4/c1-9(13)7-11-5-3-4-6-12(11)16-14-8-10(2)15-16/h3-6,8-9H,7,13H2,1-2H3. The molecule has 1 unspecified atom stereocenters. The molecule has 16 heavy (non-hydrogen) atoms. The van der Waals surface area contributed by atoms with E-state index in [1.165, 1.54) is 5.56 Å². The highest BCUT2D eigenvalue weighted by Gasteiger charge is 2.07. The van der Waals surface area contributed by atoms with Crippen molar-refractivity contribution < 1.29 is 0 Å². The molecule has 4 heteroatoms. The van der Waals surface area contributed by atoms with Gasteiger partial charge < -0.3 is 5.73 Å². The Morgan fingerprint density at radius 1 is 1.38 bits per heavy atom. The summed E-state index contributed by atoms with van der Waals surface area (Å²) in [5, 5.41) is 8.53. The van der Waals surface area contributed by atoms with Crippen molar-refractivity contribution in [3.8, 4) is 5.69 Å². The molecule has 0 bridgehead atoms. The van der Waals surface area contributed by atoms with E-state index in [0.717, 1.165) is 17.8 Å². The highest BCUT2D eigenvalue weighted by Crippen LogP contribution is 2.14. The number of rotatable bonds is 3. The predicted octanol–water partition coefficient (Wildman–Crippen LogP) is 1.47. The van der Waals surface area contributed by atoms with Crippen LogP contribution in [-0.2, 0) is 6.42 Å². The van der Waals surface area contributed by atoms with E-state index in [1.54, 1.807) is 11.0 Å². The summed E-state index contributed by atoms with van der Waals surface area (Å²) in [6.07, 6.45) is 2.58. The summed E-state index contributed by atoms with van der Waals surface area (Å²) in [4.78, 5) is 1.66. The Balaban J connectivity index is 2.40. The first-order chi connectivity index (χ1) is 7.66. The Bertz CT molecular complexity index is 473. The zero-order chi connectivity index (χ0) is 11.5. The fourth-order valence-electron chi connectivity index (χ4n) is 1.68. The van der Waals surface area contributed by atoms with Gasteiger partial charge in [0.1, 0.15) is 0 Å². The molecule has 2 rings (SSSR count). The van der Waals surface area contributed by atoms with Crippen LogP contribution in [0.4, 0.5) is 0 Å². The minimum atomic E-state index is 0.137. The average Bonchev–Trinajstić information content (AvgIpc) is 2.65. The van der Waals surface area contributed by atoms with Crippen LogP contribution < -0.4 is 5.73 Å². The molecule has 1 atom stereocenters. The molecule has 2 aromatic rings. The fraction of sp³-hybridized carbons (Fsp3) is 0.333. The molecule has 2 N–H and O–H groups in total. The maximum absolute atomic E-state index is 5.83. The van der Waals surface area contributed by atoms with Crippen molar-refractivity contribution in [2.45, 2.75) is 26.3 Å². The lowest BCUT2D eigenvalue weighted by atomic mass is 10.1. The lowest BCUT2D eigenvalue weighted by Crippen LogP contribution is -2.19. The third kappa shape index (κ3) is 2.28. The van der Waals surface area contributed by atoms with Crippen molar-refractivity contribution in [2.24, 2.45) is 5.73 Å². The molecule has 0 spiro atoms. The molecule has 4 nitrogen and oxygen atoms in total. The summed E-state index contributed by atoms with van der Waals surface area (Å²) in [6.45, 7) is 3.93. The zero-order valence-corrected chi connectivity index (χ0v) is 9.59. The Labute approximate surface area is 95.1 Å². The number of hydrogen-bond acceptors (Lipinski definition) is 3. The molecule has 0 aliphatic carbocycles. The zero-order valence-electron chi connectivity index (χ0n) is 9.59. The molecule has 0 amide bonds. The normalized spacial score (nSPS) is 12.7. The van der Waals surface area contributed by atoms with Gasteiger partial charge in [0, 0.05) is 6.04 Å². The van der Waals surface area contributed by atoms with E-state index in [-0.39, 0.29) is 6.04 Å². The first kappa shape index (κ1) is 10.8. The van der Waals surface area contributed by atoms with Gasteiger partial charge in [-0.1, -0.05) is 18.2 Å². The van der Waals surface area contributed by atoms with Gasteiger partial charge in [-0.15, -0.1) is 0 Å². The van der Waals surface area contributed by atoms with Crippen LogP contribution in [0.2, 0.25) is 0 Å². The van der Waals surface area contributed by atoms with Crippen LogP contribution in [0.3, 0.4) is 0 Å². The van der Waals surface area contributed by atoms with E-state index in [4.69, 9.17) is 5.73 Å². The van der Waals surface area contributed by atoms with Gasteiger partial charge in [0.25, 0.3) is 0 Å². The van der Waals surface area contributed by atoms with Gasteiger partial charge in [0.15, 0.2) is 0 Å². The maximum Gasteiger partial charge on any atom is 0.0889 e. The van der Waals surface area contributed by atoms with Gasteiger partial charge in [0.2, 0.25) is 0 Å². The summed E-state index contributed by atoms with van der Waals surface area (Å²) in [5.74, 6) is 0. The van der Waals surface area contributed by atoms with Crippen molar-refractivity contribution in [1.29, 1.82) is 0 Å². The summed E-state index contributed by atoms with van der Waals surface area (Å²) in [7, 11) is 0. The number of aromatic nitrogens is 3. The molecule has 1 aromatic carbocycles. The molecule has 1 aromatic heterocycles. The predicted molar refractivity (Wildman–Crippen MR) is 63.4 cm³/mol. The Hall–Kier alpha value is -1.68. The summed E-state index contributed by atoms with van der Waals surface area (Å²) >= 11 is 0. The van der Waals surface area contributed by atoms with E-state index >= 15 is 0 Å². The van der Waals surface area contributed by atoms with Crippen molar-refractivity contribution in [2.75, 3.05) is 0 Å². The van der Waals surface area contributed by atoms with E-state index in [1.807, 2.05) is 32.0 Å². The molecule has 0 saturated carbocycles. The van der Waals surface area contributed by atoms with Crippen LogP contribution in [0.15, 0.2) is 30.5 Å². The largest absolute Gasteiger partial charge is 0.328 e. The van der Waals surface area contributed by atoms with Gasteiger partial charge in [-0.05, 0) is 31.9 Å². The molecule has 84 valence electrons. The van der Waals surface area contributed by atoms with Crippen molar-refractivity contribution in [3.63, 3.8) is 0 Å². The summed E-state index contributed by atoms with van der Waals surface area (Å²) in [6, 6.07) is 8.21. The number of para-hydroxylation sites is 1. The molecule has 0 aliphatic rings. The van der Waals surface area contributed by atoms with Crippen LogP contribution in [0.5, 0.6) is 0 Å². The topological polar surface area (TPSA) is 56.7 Å². The molecule has 1 heterocycles. The number of benzene rings is 1. The van der Waals surface area contributed by atoms with E-state index in [9.17, 15) is 0 Å². The number of aryl methyl sites for hydroxylation is 1. The van der Waals surface area contributed by atoms with E-state index in [0.29, 0.717) is 0 Å². The molecule has 0 saturated heterocycles. The first-order valence-electron chi connectivity index (χ1n) is 5.39. The lowest BCUT2D eigenvalue weighted by molar-refractivity contribution is 0.701. The summed E-state index contributed by atoms with van der Waals surface area (Å²) < 4.78 is 0. The van der Waals surface area contributed by atoms with Gasteiger partial charge in [-0.3, -0.25) is 0 Å². The van der Waals surface area contributed by atoms with E-state index in [2.05, 4.69) is 16.3 Å². The Kier molecular flexibility index (Phi) is 3.01. The van der Waals surface area contributed by atoms with Crippen LogP contribution in [0, 0.1) is 6.92 Å². The van der Waals surface area contributed by atoms with Crippen LogP contribution in [0.25, 0.3) is 5.69 Å². The second-order valence-electron chi connectivity index (χ2n) is 4.09. The molecule has 0 radical (unpaired) electrons. The van der Waals surface area contributed by atoms with Gasteiger partial charge in [-0.2, -0.15) is 15.0 Å². The fourth-order valence-corrected chi connectivity index (χ4v) is 1.68. The highest BCUT2D eigenvalue weighted by molar-refractivity contribution is 5.39. The Morgan fingerprint density at radius 2 is 2.12 bits per heavy atom. The van der Waals surface area contributed by atoms with Crippen LogP contribution in [0.1, 0.15) is 18.2 Å². The third-order valence-corrected chi connectivity index (χ3v) is 2.36. The van der Waals surface area contributed by atoms with Gasteiger partial charge >= 0.3 is 0 Å². The highest BCUT2D eigenvalue weighted by atomic mass is 15.5. The van der Waals surface area contributed by atoms with Crippen molar-refractivity contribution in [1.82, 2.24) is 15.0 Å². The van der Waals surface area contributed by atoms with Gasteiger partial charge in [-0.25, -0.2) is 0 Å². The average molecular weight is 216 g/mol. The van der Waals surface area contributed by atoms with Gasteiger partial charge in [0.05, 0.1) is 17.6 Å². The maximum atomic E-state index is 5.83. The van der Waals surface area contributed by atoms with Crippen molar-refractivity contribution in [3.05, 3.63) is 41.7 Å². The third-order valence-electron chi connectivity index (χ3n) is 2.36. The van der Waals surface area contributed by atoms with Crippen molar-refractivity contribution >= 4 is 0 Å². The monoisotopic (exact) mass is 216 g/mol. The minimum Gasteiger partial charge on any atom is -0.328 e. The van der Waals surface area contributed by atoms with Crippen LogP contribution in [-0.4, -0.2) is 21.0 Å². The Morgan fingerprint density at radius 3 is 2.75 bits per heavy atom. The molecule has 0 fully saturated rings. The van der Waals surface area contributed by atoms with E-state index < -0.39 is 0 Å². The number of nitrogens with zero attached hydrogens (tertiary/aromatic N) is 3. The second-order valence-corrected chi connectivity index (χ2v) is 4.09. The second kappa shape index (κ2) is 4.45.